The van der Waals surface area contributed by atoms with Gasteiger partial charge in [0.05, 0.1) is 21.7 Å². The second kappa shape index (κ2) is 7.82. The van der Waals surface area contributed by atoms with E-state index in [9.17, 15) is 16.8 Å². The number of aromatic nitrogens is 2. The van der Waals surface area contributed by atoms with E-state index in [2.05, 4.69) is 9.97 Å². The second-order valence-electron chi connectivity index (χ2n) is 7.25. The molecule has 4 rings (SSSR count). The van der Waals surface area contributed by atoms with Gasteiger partial charge >= 0.3 is 0 Å². The third kappa shape index (κ3) is 4.25. The Morgan fingerprint density at radius 2 is 1.59 bits per heavy atom. The van der Waals surface area contributed by atoms with Gasteiger partial charge in [-0.3, -0.25) is 4.90 Å². The van der Waals surface area contributed by atoms with Crippen molar-refractivity contribution in [3.05, 3.63) is 47.7 Å². The molecular weight excluding hydrogens is 436 g/mol. The van der Waals surface area contributed by atoms with Crippen molar-refractivity contribution in [2.45, 2.75) is 16.2 Å². The van der Waals surface area contributed by atoms with Crippen LogP contribution in [0, 0.1) is 0 Å². The third-order valence-corrected chi connectivity index (χ3v) is 9.82. The molecule has 0 radical (unpaired) electrons. The van der Waals surface area contributed by atoms with Gasteiger partial charge in [-0.2, -0.15) is 0 Å². The summed E-state index contributed by atoms with van der Waals surface area (Å²) < 4.78 is 51.2. The summed E-state index contributed by atoms with van der Waals surface area (Å²) in [6, 6.07) is 7.06. The number of anilines is 1. The van der Waals surface area contributed by atoms with Crippen LogP contribution in [-0.2, 0) is 19.7 Å². The van der Waals surface area contributed by atoms with Gasteiger partial charge in [0.15, 0.2) is 19.7 Å². The zero-order valence-electron chi connectivity index (χ0n) is 15.6. The molecule has 0 aliphatic carbocycles. The minimum Gasteiger partial charge on any atom is -0.338 e. The molecule has 2 aliphatic heterocycles. The Labute approximate surface area is 175 Å². The molecule has 2 saturated heterocycles. The van der Waals surface area contributed by atoms with E-state index in [0.717, 1.165) is 0 Å². The monoisotopic (exact) mass is 456 g/mol. The number of hydrogen-bond acceptors (Lipinski definition) is 8. The van der Waals surface area contributed by atoms with Gasteiger partial charge in [0.1, 0.15) is 0 Å². The van der Waals surface area contributed by atoms with Crippen molar-refractivity contribution in [1.82, 2.24) is 14.9 Å². The molecule has 0 saturated carbocycles. The lowest BCUT2D eigenvalue weighted by Gasteiger charge is -2.39. The number of nitrogens with zero attached hydrogens (tertiary/aromatic N) is 4. The van der Waals surface area contributed by atoms with Gasteiger partial charge in [-0.25, -0.2) is 26.8 Å². The van der Waals surface area contributed by atoms with Crippen molar-refractivity contribution in [2.75, 3.05) is 42.6 Å². The molecular formula is C18H21ClN4O4S2. The molecule has 156 valence electrons. The van der Waals surface area contributed by atoms with Crippen molar-refractivity contribution < 1.29 is 16.8 Å². The fourth-order valence-electron chi connectivity index (χ4n) is 3.94. The van der Waals surface area contributed by atoms with Crippen LogP contribution in [0.25, 0.3) is 0 Å². The topological polar surface area (TPSA) is 101 Å². The maximum absolute atomic E-state index is 13.2. The zero-order valence-corrected chi connectivity index (χ0v) is 17.9. The van der Waals surface area contributed by atoms with Crippen LogP contribution in [0.15, 0.2) is 47.6 Å². The van der Waals surface area contributed by atoms with Crippen molar-refractivity contribution in [3.8, 4) is 0 Å². The highest BCUT2D eigenvalue weighted by Gasteiger charge is 2.48. The van der Waals surface area contributed by atoms with Gasteiger partial charge in [0, 0.05) is 49.6 Å². The fourth-order valence-corrected chi connectivity index (χ4v) is 8.90. The van der Waals surface area contributed by atoms with Gasteiger partial charge in [0.25, 0.3) is 0 Å². The number of benzene rings is 1. The Morgan fingerprint density at radius 3 is 2.21 bits per heavy atom. The number of sulfone groups is 2. The van der Waals surface area contributed by atoms with Crippen LogP contribution in [-0.4, -0.2) is 80.7 Å². The Balaban J connectivity index is 1.55. The molecule has 29 heavy (non-hydrogen) atoms. The second-order valence-corrected chi connectivity index (χ2v) is 12.0. The number of rotatable bonds is 4. The Bertz CT molecular complexity index is 1070. The smallest absolute Gasteiger partial charge is 0.225 e. The molecule has 1 aromatic carbocycles. The summed E-state index contributed by atoms with van der Waals surface area (Å²) in [5.74, 6) is 0.119. The molecule has 0 amide bonds. The lowest BCUT2D eigenvalue weighted by molar-refractivity contribution is 0.201. The van der Waals surface area contributed by atoms with Crippen LogP contribution in [0.1, 0.15) is 0 Å². The largest absolute Gasteiger partial charge is 0.338 e. The van der Waals surface area contributed by atoms with E-state index in [-0.39, 0.29) is 16.4 Å². The highest BCUT2D eigenvalue weighted by atomic mass is 35.5. The Hall–Kier alpha value is -1.75. The van der Waals surface area contributed by atoms with E-state index in [4.69, 9.17) is 11.6 Å². The average molecular weight is 457 g/mol. The minimum absolute atomic E-state index is 0.102. The van der Waals surface area contributed by atoms with E-state index >= 15 is 0 Å². The first kappa shape index (κ1) is 20.5. The molecule has 2 aliphatic rings. The highest BCUT2D eigenvalue weighted by Crippen LogP contribution is 2.30. The summed E-state index contributed by atoms with van der Waals surface area (Å²) in [6.07, 6.45) is 3.35. The van der Waals surface area contributed by atoms with Crippen LogP contribution in [0.4, 0.5) is 5.95 Å². The van der Waals surface area contributed by atoms with Gasteiger partial charge in [-0.1, -0.05) is 11.6 Å². The van der Waals surface area contributed by atoms with Crippen molar-refractivity contribution in [3.63, 3.8) is 0 Å². The molecule has 11 heteroatoms. The normalized spacial score (nSPS) is 25.2. The average Bonchev–Trinajstić information content (AvgIpc) is 3.05. The summed E-state index contributed by atoms with van der Waals surface area (Å²) in [5, 5.41) is -0.563. The standard InChI is InChI=1S/C18H21ClN4O4S2/c19-14-2-4-15(5-3-14)29(26,27)17-13-28(24,25)12-16(17)22-8-10-23(11-9-22)18-20-6-1-7-21-18/h1-7,16-17H,8-13H2/t16-,17-/m0/s1. The van der Waals surface area contributed by atoms with Crippen LogP contribution in [0.5, 0.6) is 0 Å². The maximum Gasteiger partial charge on any atom is 0.225 e. The number of halogens is 1. The molecule has 2 aromatic rings. The molecule has 0 unspecified atom stereocenters. The summed E-state index contributed by atoms with van der Waals surface area (Å²) in [6.45, 7) is 2.30. The lowest BCUT2D eigenvalue weighted by Crippen LogP contribution is -2.55. The molecule has 1 aromatic heterocycles. The molecule has 2 atom stereocenters. The number of hydrogen-bond donors (Lipinski definition) is 0. The Morgan fingerprint density at radius 1 is 0.966 bits per heavy atom. The van der Waals surface area contributed by atoms with Gasteiger partial charge in [0.2, 0.25) is 5.95 Å². The third-order valence-electron chi connectivity index (χ3n) is 5.43. The lowest BCUT2D eigenvalue weighted by atomic mass is 10.2. The zero-order chi connectivity index (χ0) is 20.6. The van der Waals surface area contributed by atoms with E-state index in [1.807, 2.05) is 9.80 Å². The van der Waals surface area contributed by atoms with Crippen LogP contribution >= 0.6 is 11.6 Å². The Kier molecular flexibility index (Phi) is 5.54. The quantitative estimate of drug-likeness (QED) is 0.668. The van der Waals surface area contributed by atoms with Crippen LogP contribution < -0.4 is 4.90 Å². The summed E-state index contributed by atoms with van der Waals surface area (Å²) in [5.41, 5.74) is 0. The van der Waals surface area contributed by atoms with Crippen molar-refractivity contribution in [2.24, 2.45) is 0 Å². The van der Waals surface area contributed by atoms with Crippen molar-refractivity contribution in [1.29, 1.82) is 0 Å². The fraction of sp³-hybridized carbons (Fsp3) is 0.444. The minimum atomic E-state index is -3.81. The molecule has 0 bridgehead atoms. The summed E-state index contributed by atoms with van der Waals surface area (Å²) >= 11 is 5.87. The first-order chi connectivity index (χ1) is 13.8. The van der Waals surface area contributed by atoms with Crippen LogP contribution in [0.2, 0.25) is 5.02 Å². The highest BCUT2D eigenvalue weighted by molar-refractivity contribution is 7.96. The van der Waals surface area contributed by atoms with E-state index in [1.165, 1.54) is 24.3 Å². The van der Waals surface area contributed by atoms with Crippen LogP contribution in [0.3, 0.4) is 0 Å². The predicted octanol–water partition coefficient (Wildman–Crippen LogP) is 0.891. The molecule has 2 fully saturated rings. The predicted molar refractivity (Wildman–Crippen MR) is 111 cm³/mol. The van der Waals surface area contributed by atoms with Gasteiger partial charge < -0.3 is 4.90 Å². The van der Waals surface area contributed by atoms with E-state index in [1.54, 1.807) is 18.5 Å². The molecule has 8 nitrogen and oxygen atoms in total. The summed E-state index contributed by atoms with van der Waals surface area (Å²) in [7, 11) is -7.25. The van der Waals surface area contributed by atoms with Gasteiger partial charge in [-0.15, -0.1) is 0 Å². The van der Waals surface area contributed by atoms with Gasteiger partial charge in [-0.05, 0) is 30.3 Å². The SMILES string of the molecule is O=S1(=O)C[C@H](N2CCN(c3ncccn3)CC2)[C@@H](S(=O)(=O)c2ccc(Cl)cc2)C1. The van der Waals surface area contributed by atoms with E-state index < -0.39 is 31.0 Å². The molecule has 0 N–H and O–H groups in total. The first-order valence-corrected chi connectivity index (χ1v) is 13.0. The molecule has 0 spiro atoms. The molecule has 3 heterocycles. The first-order valence-electron chi connectivity index (χ1n) is 9.22. The van der Waals surface area contributed by atoms with E-state index in [0.29, 0.717) is 37.1 Å². The number of piperazine rings is 1. The maximum atomic E-state index is 13.2. The van der Waals surface area contributed by atoms with Crippen molar-refractivity contribution >= 4 is 37.2 Å². The summed E-state index contributed by atoms with van der Waals surface area (Å²) in [4.78, 5) is 12.6.